The van der Waals surface area contributed by atoms with Gasteiger partial charge in [-0.2, -0.15) is 0 Å². The van der Waals surface area contributed by atoms with E-state index in [1.54, 1.807) is 16.9 Å². The Balaban J connectivity index is 2.10. The minimum atomic E-state index is -0.0197. The molecule has 2 heterocycles. The standard InChI is InChI=1S/C15H21N3O2/c1-12-9-13(16-6-7-17(2)3)10-15(19)18(12)11-14-5-4-8-20-14/h4-5,8-10,16H,6-7,11H2,1-3H3. The first-order valence-corrected chi connectivity index (χ1v) is 6.69. The minimum Gasteiger partial charge on any atom is -0.467 e. The number of rotatable bonds is 6. The van der Waals surface area contributed by atoms with Crippen molar-refractivity contribution in [3.05, 3.63) is 52.3 Å². The third-order valence-electron chi connectivity index (χ3n) is 3.12. The minimum absolute atomic E-state index is 0.0197. The SMILES string of the molecule is Cc1cc(NCCN(C)C)cc(=O)n1Cc1ccco1. The molecule has 108 valence electrons. The van der Waals surface area contributed by atoms with Crippen LogP contribution in [-0.4, -0.2) is 36.7 Å². The van der Waals surface area contributed by atoms with Crippen molar-refractivity contribution in [3.8, 4) is 0 Å². The Bertz CT molecular complexity index is 600. The fourth-order valence-electron chi connectivity index (χ4n) is 2.02. The summed E-state index contributed by atoms with van der Waals surface area (Å²) in [6.45, 7) is 4.14. The van der Waals surface area contributed by atoms with Crippen LogP contribution >= 0.6 is 0 Å². The Morgan fingerprint density at radius 1 is 1.35 bits per heavy atom. The van der Waals surface area contributed by atoms with E-state index in [0.717, 1.165) is 30.2 Å². The van der Waals surface area contributed by atoms with Crippen LogP contribution in [0.5, 0.6) is 0 Å². The van der Waals surface area contributed by atoms with Crippen molar-refractivity contribution in [2.75, 3.05) is 32.5 Å². The Morgan fingerprint density at radius 2 is 2.15 bits per heavy atom. The highest BCUT2D eigenvalue weighted by molar-refractivity contribution is 5.43. The molecule has 20 heavy (non-hydrogen) atoms. The smallest absolute Gasteiger partial charge is 0.253 e. The Morgan fingerprint density at radius 3 is 2.75 bits per heavy atom. The summed E-state index contributed by atoms with van der Waals surface area (Å²) in [6.07, 6.45) is 1.62. The van der Waals surface area contributed by atoms with E-state index in [0.29, 0.717) is 6.54 Å². The first kappa shape index (κ1) is 14.4. The number of aryl methyl sites for hydroxylation is 1. The number of nitrogens with zero attached hydrogens (tertiary/aromatic N) is 2. The van der Waals surface area contributed by atoms with E-state index in [1.807, 2.05) is 39.2 Å². The molecule has 0 amide bonds. The van der Waals surface area contributed by atoms with Gasteiger partial charge >= 0.3 is 0 Å². The van der Waals surface area contributed by atoms with Gasteiger partial charge in [-0.25, -0.2) is 0 Å². The van der Waals surface area contributed by atoms with Crippen molar-refractivity contribution in [3.63, 3.8) is 0 Å². The average Bonchev–Trinajstić information content (AvgIpc) is 2.86. The monoisotopic (exact) mass is 275 g/mol. The predicted octanol–water partition coefficient (Wildman–Crippen LogP) is 1.77. The summed E-state index contributed by atoms with van der Waals surface area (Å²) in [5.74, 6) is 0.781. The summed E-state index contributed by atoms with van der Waals surface area (Å²) in [6, 6.07) is 7.31. The van der Waals surface area contributed by atoms with Crippen LogP contribution in [0, 0.1) is 6.92 Å². The average molecular weight is 275 g/mol. The number of nitrogens with one attached hydrogen (secondary N) is 1. The largest absolute Gasteiger partial charge is 0.467 e. The zero-order valence-electron chi connectivity index (χ0n) is 12.2. The van der Waals surface area contributed by atoms with E-state index >= 15 is 0 Å². The predicted molar refractivity (Wildman–Crippen MR) is 80.3 cm³/mol. The van der Waals surface area contributed by atoms with Crippen LogP contribution in [0.25, 0.3) is 0 Å². The summed E-state index contributed by atoms with van der Waals surface area (Å²) in [5, 5.41) is 3.27. The molecule has 0 radical (unpaired) electrons. The fourth-order valence-corrected chi connectivity index (χ4v) is 2.02. The second kappa shape index (κ2) is 6.43. The summed E-state index contributed by atoms with van der Waals surface area (Å²) in [4.78, 5) is 14.3. The zero-order valence-corrected chi connectivity index (χ0v) is 12.2. The fraction of sp³-hybridized carbons (Fsp3) is 0.400. The Hall–Kier alpha value is -2.01. The highest BCUT2D eigenvalue weighted by Gasteiger charge is 2.06. The van der Waals surface area contributed by atoms with E-state index in [-0.39, 0.29) is 5.56 Å². The normalized spacial score (nSPS) is 11.0. The molecule has 5 heteroatoms. The number of pyridine rings is 1. The molecule has 0 spiro atoms. The zero-order chi connectivity index (χ0) is 14.5. The van der Waals surface area contributed by atoms with Gasteiger partial charge in [-0.05, 0) is 39.2 Å². The maximum Gasteiger partial charge on any atom is 0.253 e. The van der Waals surface area contributed by atoms with Crippen LogP contribution in [0.4, 0.5) is 5.69 Å². The molecule has 0 aliphatic carbocycles. The number of hydrogen-bond acceptors (Lipinski definition) is 4. The van der Waals surface area contributed by atoms with Gasteiger partial charge < -0.3 is 19.2 Å². The van der Waals surface area contributed by atoms with E-state index in [9.17, 15) is 4.79 Å². The first-order chi connectivity index (χ1) is 9.56. The third kappa shape index (κ3) is 3.74. The molecule has 5 nitrogen and oxygen atoms in total. The summed E-state index contributed by atoms with van der Waals surface area (Å²) in [5.41, 5.74) is 1.76. The van der Waals surface area contributed by atoms with E-state index in [4.69, 9.17) is 4.42 Å². The van der Waals surface area contributed by atoms with E-state index in [2.05, 4.69) is 10.2 Å². The van der Waals surface area contributed by atoms with Crippen molar-refractivity contribution < 1.29 is 4.42 Å². The lowest BCUT2D eigenvalue weighted by Crippen LogP contribution is -2.24. The third-order valence-corrected chi connectivity index (χ3v) is 3.12. The lowest BCUT2D eigenvalue weighted by Gasteiger charge is -2.14. The second-order valence-electron chi connectivity index (χ2n) is 5.12. The van der Waals surface area contributed by atoms with Crippen LogP contribution in [0.1, 0.15) is 11.5 Å². The van der Waals surface area contributed by atoms with Crippen LogP contribution in [-0.2, 0) is 6.54 Å². The maximum atomic E-state index is 12.2. The molecule has 2 aromatic heterocycles. The molecule has 0 bridgehead atoms. The second-order valence-corrected chi connectivity index (χ2v) is 5.12. The number of likely N-dealkylation sites (N-methyl/N-ethyl adjacent to an activating group) is 1. The summed E-state index contributed by atoms with van der Waals surface area (Å²) in [7, 11) is 4.04. The number of aromatic nitrogens is 1. The lowest BCUT2D eigenvalue weighted by atomic mass is 10.3. The molecule has 2 rings (SSSR count). The summed E-state index contributed by atoms with van der Waals surface area (Å²) >= 11 is 0. The van der Waals surface area contributed by atoms with Gasteiger partial charge in [0.2, 0.25) is 0 Å². The molecule has 0 aliphatic heterocycles. The van der Waals surface area contributed by atoms with Gasteiger partial charge in [0.1, 0.15) is 5.76 Å². The molecule has 0 aromatic carbocycles. The van der Waals surface area contributed by atoms with E-state index < -0.39 is 0 Å². The van der Waals surface area contributed by atoms with Crippen molar-refractivity contribution >= 4 is 5.69 Å². The Kier molecular flexibility index (Phi) is 4.63. The van der Waals surface area contributed by atoms with Crippen molar-refractivity contribution in [1.29, 1.82) is 0 Å². The van der Waals surface area contributed by atoms with Gasteiger partial charge in [0, 0.05) is 30.5 Å². The highest BCUT2D eigenvalue weighted by atomic mass is 16.3. The van der Waals surface area contributed by atoms with Crippen molar-refractivity contribution in [2.24, 2.45) is 0 Å². The Labute approximate surface area is 118 Å². The maximum absolute atomic E-state index is 12.2. The van der Waals surface area contributed by atoms with Gasteiger partial charge in [0.25, 0.3) is 5.56 Å². The molecule has 2 aromatic rings. The van der Waals surface area contributed by atoms with Gasteiger partial charge in [-0.15, -0.1) is 0 Å². The molecule has 1 N–H and O–H groups in total. The number of anilines is 1. The number of furan rings is 1. The van der Waals surface area contributed by atoms with Crippen LogP contribution in [0.2, 0.25) is 0 Å². The van der Waals surface area contributed by atoms with Gasteiger partial charge in [0.05, 0.1) is 12.8 Å². The number of hydrogen-bond donors (Lipinski definition) is 1. The molecule has 0 aliphatic rings. The molecule has 0 atom stereocenters. The quantitative estimate of drug-likeness (QED) is 0.873. The summed E-state index contributed by atoms with van der Waals surface area (Å²) < 4.78 is 6.99. The molecular weight excluding hydrogens is 254 g/mol. The molecule has 0 unspecified atom stereocenters. The van der Waals surface area contributed by atoms with Crippen molar-refractivity contribution in [2.45, 2.75) is 13.5 Å². The highest BCUT2D eigenvalue weighted by Crippen LogP contribution is 2.09. The van der Waals surface area contributed by atoms with Crippen LogP contribution in [0.3, 0.4) is 0 Å². The molecule has 0 saturated carbocycles. The first-order valence-electron chi connectivity index (χ1n) is 6.69. The van der Waals surface area contributed by atoms with Gasteiger partial charge in [-0.3, -0.25) is 4.79 Å². The molecular formula is C15H21N3O2. The lowest BCUT2D eigenvalue weighted by molar-refractivity contribution is 0.425. The molecule has 0 saturated heterocycles. The van der Waals surface area contributed by atoms with Crippen molar-refractivity contribution in [1.82, 2.24) is 9.47 Å². The van der Waals surface area contributed by atoms with Crippen LogP contribution in [0.15, 0.2) is 39.7 Å². The topological polar surface area (TPSA) is 50.4 Å². The van der Waals surface area contributed by atoms with Gasteiger partial charge in [-0.1, -0.05) is 0 Å². The van der Waals surface area contributed by atoms with E-state index in [1.165, 1.54) is 0 Å². The molecule has 0 fully saturated rings. The van der Waals surface area contributed by atoms with Crippen LogP contribution < -0.4 is 10.9 Å². The van der Waals surface area contributed by atoms with Gasteiger partial charge in [0.15, 0.2) is 0 Å².